The number of pyridine rings is 2. The summed E-state index contributed by atoms with van der Waals surface area (Å²) in [6, 6.07) is 8.48. The second kappa shape index (κ2) is 7.66. The monoisotopic (exact) mass is 352 g/mol. The number of nitrogens with two attached hydrogens (primary N) is 1. The van der Waals surface area contributed by atoms with Gasteiger partial charge in [0.1, 0.15) is 11.4 Å². The van der Waals surface area contributed by atoms with Crippen LogP contribution in [0, 0.1) is 12.7 Å². The van der Waals surface area contributed by atoms with E-state index < -0.39 is 5.82 Å². The number of aryl methyl sites for hydroxylation is 1. The molecule has 0 bridgehead atoms. The summed E-state index contributed by atoms with van der Waals surface area (Å²) in [6.45, 7) is 1.61. The van der Waals surface area contributed by atoms with Gasteiger partial charge in [-0.25, -0.2) is 19.4 Å². The molecule has 0 aromatic carbocycles. The van der Waals surface area contributed by atoms with Gasteiger partial charge >= 0.3 is 0 Å². The van der Waals surface area contributed by atoms with Gasteiger partial charge in [-0.05, 0) is 31.2 Å². The Kier molecular flexibility index (Phi) is 5.14. The molecular formula is C18H17FN6O. The lowest BCUT2D eigenvalue weighted by molar-refractivity contribution is 0.282. The average molecular weight is 352 g/mol. The number of rotatable bonds is 4. The zero-order valence-corrected chi connectivity index (χ0v) is 14.0. The summed E-state index contributed by atoms with van der Waals surface area (Å²) in [5.41, 5.74) is 8.41. The van der Waals surface area contributed by atoms with E-state index in [2.05, 4.69) is 24.9 Å². The molecule has 0 saturated heterocycles. The molecule has 3 aromatic rings. The van der Waals surface area contributed by atoms with Crippen molar-refractivity contribution < 1.29 is 9.50 Å². The molecular weight excluding hydrogens is 335 g/mol. The van der Waals surface area contributed by atoms with Crippen LogP contribution in [0.2, 0.25) is 0 Å². The molecule has 0 fully saturated rings. The van der Waals surface area contributed by atoms with E-state index in [9.17, 15) is 9.50 Å². The van der Waals surface area contributed by atoms with Crippen LogP contribution in [0.15, 0.2) is 58.9 Å². The van der Waals surface area contributed by atoms with Gasteiger partial charge < -0.3 is 15.8 Å². The fourth-order valence-electron chi connectivity index (χ4n) is 2.31. The van der Waals surface area contributed by atoms with Gasteiger partial charge in [-0.2, -0.15) is 0 Å². The van der Waals surface area contributed by atoms with Crippen molar-refractivity contribution in [3.8, 4) is 0 Å². The van der Waals surface area contributed by atoms with E-state index in [1.807, 2.05) is 19.1 Å². The quantitative estimate of drug-likeness (QED) is 0.493. The molecule has 7 nitrogen and oxygen atoms in total. The smallest absolute Gasteiger partial charge is 0.179 e. The number of aliphatic imine (C=N–C) groups is 2. The summed E-state index contributed by atoms with van der Waals surface area (Å²) >= 11 is 0. The number of amidine groups is 2. The minimum absolute atomic E-state index is 0.0576. The first-order valence-electron chi connectivity index (χ1n) is 7.82. The third-order valence-corrected chi connectivity index (χ3v) is 3.58. The maximum atomic E-state index is 14.0. The van der Waals surface area contributed by atoms with E-state index in [1.165, 1.54) is 12.3 Å². The average Bonchev–Trinajstić information content (AvgIpc) is 3.11. The van der Waals surface area contributed by atoms with E-state index in [0.29, 0.717) is 17.0 Å². The molecule has 0 aliphatic carbocycles. The van der Waals surface area contributed by atoms with Crippen molar-refractivity contribution in [2.75, 3.05) is 0 Å². The van der Waals surface area contributed by atoms with Crippen LogP contribution in [0.3, 0.4) is 0 Å². The third kappa shape index (κ3) is 3.81. The van der Waals surface area contributed by atoms with Gasteiger partial charge in [0.15, 0.2) is 17.5 Å². The van der Waals surface area contributed by atoms with E-state index >= 15 is 0 Å². The molecule has 0 atom stereocenters. The lowest BCUT2D eigenvalue weighted by Gasteiger charge is -2.06. The Labute approximate surface area is 149 Å². The van der Waals surface area contributed by atoms with Crippen molar-refractivity contribution in [2.24, 2.45) is 15.7 Å². The first kappa shape index (κ1) is 17.4. The topological polar surface area (TPSA) is 113 Å². The van der Waals surface area contributed by atoms with Gasteiger partial charge in [0.2, 0.25) is 0 Å². The predicted octanol–water partition coefficient (Wildman–Crippen LogP) is 2.23. The number of aromatic nitrogens is 3. The van der Waals surface area contributed by atoms with Crippen LogP contribution < -0.4 is 5.73 Å². The molecule has 4 N–H and O–H groups in total. The van der Waals surface area contributed by atoms with Gasteiger partial charge in [-0.1, -0.05) is 6.07 Å². The third-order valence-electron chi connectivity index (χ3n) is 3.58. The van der Waals surface area contributed by atoms with Crippen LogP contribution >= 0.6 is 0 Å². The first-order chi connectivity index (χ1) is 12.6. The lowest BCUT2D eigenvalue weighted by atomic mass is 10.2. The number of aromatic amines is 1. The molecule has 8 heteroatoms. The van der Waals surface area contributed by atoms with Crippen LogP contribution in [0.4, 0.5) is 10.1 Å². The normalized spacial score (nSPS) is 12.4. The molecule has 0 amide bonds. The number of hydrogen-bond acceptors (Lipinski definition) is 4. The van der Waals surface area contributed by atoms with Crippen molar-refractivity contribution in [1.82, 2.24) is 15.0 Å². The molecule has 132 valence electrons. The number of H-pyrrole nitrogens is 1. The van der Waals surface area contributed by atoms with E-state index in [0.717, 1.165) is 11.9 Å². The highest BCUT2D eigenvalue weighted by molar-refractivity contribution is 6.10. The van der Waals surface area contributed by atoms with Gasteiger partial charge in [0.25, 0.3) is 0 Å². The minimum Gasteiger partial charge on any atom is -0.392 e. The molecule has 0 aliphatic heterocycles. The zero-order chi connectivity index (χ0) is 18.5. The number of hydrogen-bond donors (Lipinski definition) is 3. The Hall–Kier alpha value is -3.39. The molecule has 3 aromatic heterocycles. The van der Waals surface area contributed by atoms with Gasteiger partial charge in [0.05, 0.1) is 18.5 Å². The van der Waals surface area contributed by atoms with Crippen LogP contribution in [0.25, 0.3) is 0 Å². The van der Waals surface area contributed by atoms with Gasteiger partial charge in [-0.15, -0.1) is 0 Å². The Bertz CT molecular complexity index is 979. The lowest BCUT2D eigenvalue weighted by Crippen LogP contribution is -2.18. The van der Waals surface area contributed by atoms with Gasteiger partial charge in [0, 0.05) is 23.7 Å². The molecule has 0 radical (unpaired) electrons. The molecule has 0 spiro atoms. The minimum atomic E-state index is -0.593. The maximum Gasteiger partial charge on any atom is 0.179 e. The SMILES string of the molecule is Cc1cccc(C(N)=NC(=Nc2ccncc2F)c2[nH]ccc2CO)n1. The number of nitrogens with zero attached hydrogens (tertiary/aromatic N) is 4. The summed E-state index contributed by atoms with van der Waals surface area (Å²) in [7, 11) is 0. The highest BCUT2D eigenvalue weighted by atomic mass is 19.1. The molecule has 0 saturated carbocycles. The van der Waals surface area contributed by atoms with Crippen LogP contribution in [-0.4, -0.2) is 31.7 Å². The van der Waals surface area contributed by atoms with Gasteiger partial charge in [-0.3, -0.25) is 4.98 Å². The summed E-state index contributed by atoms with van der Waals surface area (Å²) in [5, 5.41) is 9.51. The number of nitrogens with one attached hydrogen (secondary N) is 1. The largest absolute Gasteiger partial charge is 0.392 e. The predicted molar refractivity (Wildman–Crippen MR) is 96.8 cm³/mol. The fourth-order valence-corrected chi connectivity index (χ4v) is 2.31. The van der Waals surface area contributed by atoms with Crippen molar-refractivity contribution in [3.63, 3.8) is 0 Å². The standard InChI is InChI=1S/C18H17FN6O/c1-11-3-2-4-15(23-11)17(20)25-18(16-12(10-26)5-8-22-16)24-14-6-7-21-9-13(14)19/h2-9,22,26H,10H2,1H3,(H2,20,21,24,25). The number of aliphatic hydroxyl groups excluding tert-OH is 1. The second-order valence-corrected chi connectivity index (χ2v) is 5.46. The van der Waals surface area contributed by atoms with Crippen molar-refractivity contribution >= 4 is 17.4 Å². The number of halogens is 1. The highest BCUT2D eigenvalue weighted by Gasteiger charge is 2.13. The zero-order valence-electron chi connectivity index (χ0n) is 14.0. The van der Waals surface area contributed by atoms with Crippen molar-refractivity contribution in [1.29, 1.82) is 0 Å². The molecule has 0 unspecified atom stereocenters. The summed E-state index contributed by atoms with van der Waals surface area (Å²) in [5.74, 6) is -0.338. The van der Waals surface area contributed by atoms with Crippen molar-refractivity contribution in [3.05, 3.63) is 77.4 Å². The van der Waals surface area contributed by atoms with E-state index in [4.69, 9.17) is 5.73 Å². The van der Waals surface area contributed by atoms with Crippen LogP contribution in [-0.2, 0) is 6.61 Å². The summed E-state index contributed by atoms with van der Waals surface area (Å²) in [4.78, 5) is 19.6. The maximum absolute atomic E-state index is 14.0. The Morgan fingerprint density at radius 2 is 2.15 bits per heavy atom. The molecule has 3 heterocycles. The molecule has 3 rings (SSSR count). The number of aliphatic hydroxyl groups is 1. The summed E-state index contributed by atoms with van der Waals surface area (Å²) in [6.07, 6.45) is 4.12. The first-order valence-corrected chi connectivity index (χ1v) is 7.82. The van der Waals surface area contributed by atoms with Crippen LogP contribution in [0.1, 0.15) is 22.6 Å². The Balaban J connectivity index is 2.12. The highest BCUT2D eigenvalue weighted by Crippen LogP contribution is 2.19. The van der Waals surface area contributed by atoms with E-state index in [1.54, 1.807) is 18.3 Å². The van der Waals surface area contributed by atoms with Crippen LogP contribution in [0.5, 0.6) is 0 Å². The Morgan fingerprint density at radius 1 is 1.31 bits per heavy atom. The summed E-state index contributed by atoms with van der Waals surface area (Å²) < 4.78 is 14.0. The molecule has 26 heavy (non-hydrogen) atoms. The van der Waals surface area contributed by atoms with E-state index in [-0.39, 0.29) is 24.0 Å². The Morgan fingerprint density at radius 3 is 2.88 bits per heavy atom. The fraction of sp³-hybridized carbons (Fsp3) is 0.111. The second-order valence-electron chi connectivity index (χ2n) is 5.46. The molecule has 0 aliphatic rings. The van der Waals surface area contributed by atoms with Crippen molar-refractivity contribution in [2.45, 2.75) is 13.5 Å².